The predicted molar refractivity (Wildman–Crippen MR) is 86.4 cm³/mol. The summed E-state index contributed by atoms with van der Waals surface area (Å²) in [5.74, 6) is 1.82. The Bertz CT molecular complexity index is 454. The minimum absolute atomic E-state index is 0.725. The van der Waals surface area contributed by atoms with Crippen molar-refractivity contribution < 1.29 is 0 Å². The number of hydrogen-bond acceptors (Lipinski definition) is 3. The molecule has 1 fully saturated rings. The molecule has 0 aromatic heterocycles. The lowest BCUT2D eigenvalue weighted by atomic mass is 9.90. The summed E-state index contributed by atoms with van der Waals surface area (Å²) >= 11 is 2.01. The van der Waals surface area contributed by atoms with E-state index in [2.05, 4.69) is 13.0 Å². The van der Waals surface area contributed by atoms with Crippen LogP contribution in [0.5, 0.6) is 0 Å². The van der Waals surface area contributed by atoms with Crippen molar-refractivity contribution in [1.82, 2.24) is 0 Å². The molecule has 3 unspecified atom stereocenters. The fourth-order valence-corrected chi connectivity index (χ4v) is 4.49. The van der Waals surface area contributed by atoms with E-state index in [9.17, 15) is 5.26 Å². The van der Waals surface area contributed by atoms with E-state index in [0.717, 1.165) is 28.9 Å². The summed E-state index contributed by atoms with van der Waals surface area (Å²) in [6, 6.07) is 12.1. The van der Waals surface area contributed by atoms with Crippen LogP contribution < -0.4 is 5.73 Å². The molecule has 1 aromatic carbocycles. The number of nitrogens with two attached hydrogens (primary N) is 1. The topological polar surface area (TPSA) is 49.8 Å². The lowest BCUT2D eigenvalue weighted by Crippen LogP contribution is -2.35. The molecule has 20 heavy (non-hydrogen) atoms. The molecule has 1 aliphatic rings. The van der Waals surface area contributed by atoms with Gasteiger partial charge in [0.2, 0.25) is 0 Å². The standard InChI is InChI=1S/C17H24N2S/c1-14-6-5-9-16(12-14)20-11-10-17(19,13-18)15-7-3-2-4-8-15/h2-4,7-8,14,16H,5-6,9-12,19H2,1H3. The van der Waals surface area contributed by atoms with Gasteiger partial charge in [-0.15, -0.1) is 0 Å². The third kappa shape index (κ3) is 4.01. The van der Waals surface area contributed by atoms with Crippen LogP contribution in [0.2, 0.25) is 0 Å². The van der Waals surface area contributed by atoms with Crippen LogP contribution in [0.1, 0.15) is 44.6 Å². The van der Waals surface area contributed by atoms with Gasteiger partial charge in [0.25, 0.3) is 0 Å². The molecule has 3 heteroatoms. The molecule has 0 saturated heterocycles. The molecule has 1 saturated carbocycles. The zero-order valence-corrected chi connectivity index (χ0v) is 13.0. The minimum atomic E-state index is -0.839. The lowest BCUT2D eigenvalue weighted by molar-refractivity contribution is 0.394. The molecule has 2 rings (SSSR count). The quantitative estimate of drug-likeness (QED) is 0.888. The average Bonchev–Trinajstić information content (AvgIpc) is 2.48. The van der Waals surface area contributed by atoms with Gasteiger partial charge in [0.15, 0.2) is 0 Å². The third-order valence-corrected chi connectivity index (χ3v) is 5.57. The normalized spacial score (nSPS) is 25.6. The van der Waals surface area contributed by atoms with Crippen molar-refractivity contribution in [3.05, 3.63) is 35.9 Å². The van der Waals surface area contributed by atoms with Crippen molar-refractivity contribution in [2.24, 2.45) is 11.7 Å². The molecular formula is C17H24N2S. The van der Waals surface area contributed by atoms with Crippen LogP contribution in [-0.4, -0.2) is 11.0 Å². The highest BCUT2D eigenvalue weighted by molar-refractivity contribution is 7.99. The van der Waals surface area contributed by atoms with Crippen LogP contribution in [0.25, 0.3) is 0 Å². The van der Waals surface area contributed by atoms with Gasteiger partial charge in [-0.05, 0) is 36.5 Å². The number of hydrogen-bond donors (Lipinski definition) is 1. The molecule has 2 N–H and O–H groups in total. The molecule has 108 valence electrons. The van der Waals surface area contributed by atoms with Crippen LogP contribution in [0.4, 0.5) is 0 Å². The molecule has 3 atom stereocenters. The van der Waals surface area contributed by atoms with Crippen LogP contribution in [-0.2, 0) is 5.54 Å². The molecule has 2 nitrogen and oxygen atoms in total. The molecule has 0 amide bonds. The van der Waals surface area contributed by atoms with E-state index in [-0.39, 0.29) is 0 Å². The van der Waals surface area contributed by atoms with E-state index in [1.54, 1.807) is 0 Å². The van der Waals surface area contributed by atoms with Crippen molar-refractivity contribution in [2.75, 3.05) is 5.75 Å². The SMILES string of the molecule is CC1CCCC(SCCC(N)(C#N)c2ccccc2)C1. The molecule has 0 heterocycles. The van der Waals surface area contributed by atoms with Crippen LogP contribution in [0.15, 0.2) is 30.3 Å². The first kappa shape index (κ1) is 15.4. The summed E-state index contributed by atoms with van der Waals surface area (Å²) < 4.78 is 0. The largest absolute Gasteiger partial charge is 0.310 e. The maximum Gasteiger partial charge on any atom is 0.130 e. The van der Waals surface area contributed by atoms with E-state index >= 15 is 0 Å². The van der Waals surface area contributed by atoms with Gasteiger partial charge < -0.3 is 5.73 Å². The van der Waals surface area contributed by atoms with Crippen molar-refractivity contribution in [2.45, 2.75) is 49.8 Å². The zero-order chi connectivity index (χ0) is 14.4. The van der Waals surface area contributed by atoms with Gasteiger partial charge in [0.1, 0.15) is 5.54 Å². The van der Waals surface area contributed by atoms with E-state index in [0.29, 0.717) is 0 Å². The summed E-state index contributed by atoms with van der Waals surface area (Å²) in [4.78, 5) is 0. The first-order valence-corrected chi connectivity index (χ1v) is 8.56. The van der Waals surface area contributed by atoms with Crippen molar-refractivity contribution >= 4 is 11.8 Å². The fraction of sp³-hybridized carbons (Fsp3) is 0.588. The highest BCUT2D eigenvalue weighted by Gasteiger charge is 2.27. The average molecular weight is 288 g/mol. The Morgan fingerprint density at radius 2 is 2.10 bits per heavy atom. The van der Waals surface area contributed by atoms with Crippen LogP contribution in [0.3, 0.4) is 0 Å². The zero-order valence-electron chi connectivity index (χ0n) is 12.2. The molecule has 0 bridgehead atoms. The number of thioether (sulfide) groups is 1. The third-order valence-electron chi connectivity index (χ3n) is 4.23. The van der Waals surface area contributed by atoms with Gasteiger partial charge in [-0.2, -0.15) is 17.0 Å². The van der Waals surface area contributed by atoms with E-state index in [1.807, 2.05) is 42.1 Å². The number of benzene rings is 1. The van der Waals surface area contributed by atoms with E-state index < -0.39 is 5.54 Å². The van der Waals surface area contributed by atoms with Gasteiger partial charge in [0.05, 0.1) is 6.07 Å². The summed E-state index contributed by atoms with van der Waals surface area (Å²) in [5, 5.41) is 10.2. The monoisotopic (exact) mass is 288 g/mol. The number of nitrogens with zero attached hydrogens (tertiary/aromatic N) is 1. The Labute approximate surface area is 126 Å². The Morgan fingerprint density at radius 1 is 1.35 bits per heavy atom. The Kier molecular flexibility index (Phi) is 5.51. The summed E-state index contributed by atoms with van der Waals surface area (Å²) in [7, 11) is 0. The van der Waals surface area contributed by atoms with Crippen molar-refractivity contribution in [3.8, 4) is 6.07 Å². The van der Waals surface area contributed by atoms with Gasteiger partial charge in [-0.25, -0.2) is 0 Å². The fourth-order valence-electron chi connectivity index (χ4n) is 2.92. The molecule has 0 aliphatic heterocycles. The van der Waals surface area contributed by atoms with Gasteiger partial charge in [0, 0.05) is 5.25 Å². The highest BCUT2D eigenvalue weighted by atomic mass is 32.2. The Morgan fingerprint density at radius 3 is 2.75 bits per heavy atom. The Balaban J connectivity index is 1.87. The van der Waals surface area contributed by atoms with Crippen molar-refractivity contribution in [1.29, 1.82) is 5.26 Å². The minimum Gasteiger partial charge on any atom is -0.310 e. The second-order valence-electron chi connectivity index (χ2n) is 5.96. The summed E-state index contributed by atoms with van der Waals surface area (Å²) in [5.41, 5.74) is 6.38. The molecule has 0 spiro atoms. The van der Waals surface area contributed by atoms with E-state index in [4.69, 9.17) is 5.73 Å². The van der Waals surface area contributed by atoms with Crippen LogP contribution in [0, 0.1) is 17.2 Å². The highest BCUT2D eigenvalue weighted by Crippen LogP contribution is 2.33. The second kappa shape index (κ2) is 7.15. The van der Waals surface area contributed by atoms with Crippen molar-refractivity contribution in [3.63, 3.8) is 0 Å². The maximum absolute atomic E-state index is 9.43. The first-order chi connectivity index (χ1) is 9.64. The lowest BCUT2D eigenvalue weighted by Gasteiger charge is -2.28. The van der Waals surface area contributed by atoms with Gasteiger partial charge in [-0.1, -0.05) is 50.1 Å². The molecule has 0 radical (unpaired) electrons. The summed E-state index contributed by atoms with van der Waals surface area (Å²) in [6.07, 6.45) is 6.09. The number of rotatable bonds is 5. The molecule has 1 aromatic rings. The van der Waals surface area contributed by atoms with Gasteiger partial charge in [-0.3, -0.25) is 0 Å². The maximum atomic E-state index is 9.43. The van der Waals surface area contributed by atoms with Gasteiger partial charge >= 0.3 is 0 Å². The smallest absolute Gasteiger partial charge is 0.130 e. The summed E-state index contributed by atoms with van der Waals surface area (Å²) in [6.45, 7) is 2.35. The molecular weight excluding hydrogens is 264 g/mol. The van der Waals surface area contributed by atoms with Crippen LogP contribution >= 0.6 is 11.8 Å². The second-order valence-corrected chi connectivity index (χ2v) is 7.37. The predicted octanol–water partition coefficient (Wildman–Crippen LogP) is 4.07. The molecule has 1 aliphatic carbocycles. The van der Waals surface area contributed by atoms with E-state index in [1.165, 1.54) is 25.7 Å². The Hall–Kier alpha value is -0.980. The number of nitriles is 1. The first-order valence-electron chi connectivity index (χ1n) is 7.51.